The van der Waals surface area contributed by atoms with Gasteiger partial charge in [0.2, 0.25) is 0 Å². The van der Waals surface area contributed by atoms with Crippen molar-refractivity contribution in [2.45, 2.75) is 19.8 Å². The van der Waals surface area contributed by atoms with E-state index in [-0.39, 0.29) is 0 Å². The van der Waals surface area contributed by atoms with Crippen molar-refractivity contribution in [1.29, 1.82) is 0 Å². The Morgan fingerprint density at radius 1 is 0.750 bits per heavy atom. The van der Waals surface area contributed by atoms with Crippen LogP contribution >= 0.6 is 0 Å². The van der Waals surface area contributed by atoms with Gasteiger partial charge in [0.1, 0.15) is 0 Å². The summed E-state index contributed by atoms with van der Waals surface area (Å²) in [5, 5.41) is 0. The van der Waals surface area contributed by atoms with Crippen molar-refractivity contribution in [3.05, 3.63) is 77.7 Å². The zero-order valence-electron chi connectivity index (χ0n) is 9.85. The Labute approximate surface area is 97.9 Å². The highest BCUT2D eigenvalue weighted by Gasteiger charge is 1.99. The molecule has 0 amide bonds. The molecule has 81 valence electrons. The summed E-state index contributed by atoms with van der Waals surface area (Å²) in [5.41, 5.74) is 3.90. The van der Waals surface area contributed by atoms with Gasteiger partial charge in [-0.2, -0.15) is 0 Å². The SMILES string of the molecule is CC(C)c1ccc([CH]c2ccccc2)cc1. The molecule has 0 saturated carbocycles. The lowest BCUT2D eigenvalue weighted by atomic mass is 9.99. The van der Waals surface area contributed by atoms with E-state index >= 15 is 0 Å². The second kappa shape index (κ2) is 4.98. The molecule has 2 aromatic carbocycles. The minimum atomic E-state index is 0.603. The lowest BCUT2D eigenvalue weighted by molar-refractivity contribution is 0.866. The monoisotopic (exact) mass is 209 g/mol. The van der Waals surface area contributed by atoms with E-state index in [4.69, 9.17) is 0 Å². The van der Waals surface area contributed by atoms with Crippen molar-refractivity contribution in [3.63, 3.8) is 0 Å². The Bertz CT molecular complexity index is 423. The summed E-state index contributed by atoms with van der Waals surface area (Å²) >= 11 is 0. The minimum Gasteiger partial charge on any atom is -0.0622 e. The molecule has 0 heterocycles. The van der Waals surface area contributed by atoms with E-state index in [1.54, 1.807) is 0 Å². The van der Waals surface area contributed by atoms with E-state index in [0.29, 0.717) is 5.92 Å². The van der Waals surface area contributed by atoms with Gasteiger partial charge in [-0.15, -0.1) is 0 Å². The fourth-order valence-electron chi connectivity index (χ4n) is 1.72. The summed E-state index contributed by atoms with van der Waals surface area (Å²) < 4.78 is 0. The van der Waals surface area contributed by atoms with Crippen LogP contribution in [0.25, 0.3) is 0 Å². The third kappa shape index (κ3) is 2.73. The first kappa shape index (κ1) is 10.9. The molecule has 0 N–H and O–H groups in total. The van der Waals surface area contributed by atoms with Crippen molar-refractivity contribution in [3.8, 4) is 0 Å². The van der Waals surface area contributed by atoms with Crippen LogP contribution in [-0.2, 0) is 0 Å². The maximum atomic E-state index is 2.22. The number of rotatable bonds is 3. The molecule has 2 rings (SSSR count). The topological polar surface area (TPSA) is 0 Å². The third-order valence-electron chi connectivity index (χ3n) is 2.74. The number of hydrogen-bond donors (Lipinski definition) is 0. The lowest BCUT2D eigenvalue weighted by Crippen LogP contribution is -1.89. The Morgan fingerprint density at radius 2 is 1.31 bits per heavy atom. The van der Waals surface area contributed by atoms with Crippen LogP contribution in [-0.4, -0.2) is 0 Å². The van der Waals surface area contributed by atoms with Crippen molar-refractivity contribution < 1.29 is 0 Å². The Balaban J connectivity index is 2.11. The Morgan fingerprint density at radius 3 is 1.88 bits per heavy atom. The quantitative estimate of drug-likeness (QED) is 0.702. The van der Waals surface area contributed by atoms with E-state index in [2.05, 4.69) is 68.8 Å². The molecule has 0 unspecified atom stereocenters. The molecule has 1 radical (unpaired) electrons. The van der Waals surface area contributed by atoms with Gasteiger partial charge in [0.15, 0.2) is 0 Å². The second-order valence-electron chi connectivity index (χ2n) is 4.38. The predicted octanol–water partition coefficient (Wildman–Crippen LogP) is 4.41. The summed E-state index contributed by atoms with van der Waals surface area (Å²) in [6.45, 7) is 4.44. The van der Waals surface area contributed by atoms with Gasteiger partial charge in [-0.1, -0.05) is 68.4 Å². The maximum Gasteiger partial charge on any atom is 0.0199 e. The van der Waals surface area contributed by atoms with Gasteiger partial charge in [0.05, 0.1) is 0 Å². The molecular formula is C16H17. The first-order valence-electron chi connectivity index (χ1n) is 5.75. The summed E-state index contributed by atoms with van der Waals surface area (Å²) in [6, 6.07) is 19.2. The van der Waals surface area contributed by atoms with Gasteiger partial charge in [-0.3, -0.25) is 0 Å². The lowest BCUT2D eigenvalue weighted by Gasteiger charge is -2.06. The molecule has 0 nitrogen and oxygen atoms in total. The molecule has 0 aliphatic rings. The molecule has 0 saturated heterocycles. The molecule has 0 heteroatoms. The van der Waals surface area contributed by atoms with Crippen LogP contribution in [0.15, 0.2) is 54.6 Å². The van der Waals surface area contributed by atoms with Gasteiger partial charge in [0.25, 0.3) is 0 Å². The summed E-state index contributed by atoms with van der Waals surface area (Å²) in [5.74, 6) is 0.603. The normalized spacial score (nSPS) is 10.7. The van der Waals surface area contributed by atoms with Crippen LogP contribution in [0.1, 0.15) is 36.5 Å². The Hall–Kier alpha value is -1.56. The zero-order chi connectivity index (χ0) is 11.4. The maximum absolute atomic E-state index is 2.22. The largest absolute Gasteiger partial charge is 0.0622 e. The van der Waals surface area contributed by atoms with E-state index in [9.17, 15) is 0 Å². The molecule has 0 spiro atoms. The third-order valence-corrected chi connectivity index (χ3v) is 2.74. The van der Waals surface area contributed by atoms with E-state index in [1.165, 1.54) is 16.7 Å². The average molecular weight is 209 g/mol. The van der Waals surface area contributed by atoms with Crippen LogP contribution in [0.5, 0.6) is 0 Å². The predicted molar refractivity (Wildman–Crippen MR) is 69.5 cm³/mol. The standard InChI is InChI=1S/C16H17/c1-13(2)16-10-8-15(9-11-16)12-14-6-4-3-5-7-14/h3-13H,1-2H3. The second-order valence-corrected chi connectivity index (χ2v) is 4.38. The van der Waals surface area contributed by atoms with Crippen molar-refractivity contribution in [2.75, 3.05) is 0 Å². The molecular weight excluding hydrogens is 192 g/mol. The first-order valence-corrected chi connectivity index (χ1v) is 5.75. The zero-order valence-corrected chi connectivity index (χ0v) is 9.85. The highest BCUT2D eigenvalue weighted by molar-refractivity contribution is 5.38. The molecule has 0 fully saturated rings. The summed E-state index contributed by atoms with van der Waals surface area (Å²) in [7, 11) is 0. The van der Waals surface area contributed by atoms with Gasteiger partial charge < -0.3 is 0 Å². The molecule has 0 aliphatic heterocycles. The van der Waals surface area contributed by atoms with Crippen molar-refractivity contribution in [1.82, 2.24) is 0 Å². The fourth-order valence-corrected chi connectivity index (χ4v) is 1.72. The summed E-state index contributed by atoms with van der Waals surface area (Å²) in [6.07, 6.45) is 2.20. The highest BCUT2D eigenvalue weighted by atomic mass is 14.0. The van der Waals surface area contributed by atoms with Gasteiger partial charge >= 0.3 is 0 Å². The fraction of sp³-hybridized carbons (Fsp3) is 0.188. The number of hydrogen-bond acceptors (Lipinski definition) is 0. The molecule has 0 aliphatic carbocycles. The summed E-state index contributed by atoms with van der Waals surface area (Å²) in [4.78, 5) is 0. The van der Waals surface area contributed by atoms with Gasteiger partial charge in [-0.05, 0) is 22.6 Å². The van der Waals surface area contributed by atoms with Crippen LogP contribution in [0.2, 0.25) is 0 Å². The van der Waals surface area contributed by atoms with Crippen LogP contribution in [0.4, 0.5) is 0 Å². The highest BCUT2D eigenvalue weighted by Crippen LogP contribution is 2.17. The molecule has 16 heavy (non-hydrogen) atoms. The van der Waals surface area contributed by atoms with Crippen molar-refractivity contribution in [2.24, 2.45) is 0 Å². The number of benzene rings is 2. The molecule has 0 bridgehead atoms. The molecule has 0 atom stereocenters. The van der Waals surface area contributed by atoms with Crippen LogP contribution in [0, 0.1) is 6.42 Å². The smallest absolute Gasteiger partial charge is 0.0199 e. The minimum absolute atomic E-state index is 0.603. The first-order chi connectivity index (χ1) is 7.75. The molecule has 0 aromatic heterocycles. The van der Waals surface area contributed by atoms with E-state index < -0.39 is 0 Å². The Kier molecular flexibility index (Phi) is 3.40. The van der Waals surface area contributed by atoms with E-state index in [1.807, 2.05) is 6.07 Å². The van der Waals surface area contributed by atoms with Crippen molar-refractivity contribution >= 4 is 0 Å². The van der Waals surface area contributed by atoms with Crippen LogP contribution in [0.3, 0.4) is 0 Å². The van der Waals surface area contributed by atoms with Gasteiger partial charge in [0, 0.05) is 6.42 Å². The average Bonchev–Trinajstić information content (AvgIpc) is 2.31. The molecule has 2 aromatic rings. The van der Waals surface area contributed by atoms with Gasteiger partial charge in [-0.25, -0.2) is 0 Å². The van der Waals surface area contributed by atoms with E-state index in [0.717, 1.165) is 0 Å². The van der Waals surface area contributed by atoms with Crippen LogP contribution < -0.4 is 0 Å².